The molecule has 0 aliphatic carbocycles. The van der Waals surface area contributed by atoms with Crippen molar-refractivity contribution >= 4 is 55.0 Å². The Morgan fingerprint density at radius 1 is 0.638 bits per heavy atom. The highest BCUT2D eigenvalue weighted by Crippen LogP contribution is 2.38. The fraction of sp³-hybridized carbons (Fsp3) is 0.0286. The molecule has 0 spiro atoms. The van der Waals surface area contributed by atoms with Crippen LogP contribution in [0.15, 0.2) is 137 Å². The molecule has 0 aliphatic rings. The number of carboxylic acids is 2. The molecule has 5 aromatic rings. The first-order chi connectivity index (χ1) is 22.4. The highest BCUT2D eigenvalue weighted by atomic mass is 32.2. The first-order valence-corrected chi connectivity index (χ1v) is 16.9. The predicted molar refractivity (Wildman–Crippen MR) is 177 cm³/mol. The maximum Gasteiger partial charge on any atom is 0.339 e. The van der Waals surface area contributed by atoms with Crippen LogP contribution in [0.5, 0.6) is 5.75 Å². The molecule has 0 amide bonds. The second-order valence-corrected chi connectivity index (χ2v) is 13.4. The van der Waals surface area contributed by atoms with Gasteiger partial charge in [-0.25, -0.2) is 18.0 Å². The minimum atomic E-state index is -4.45. The normalized spacial score (nSPS) is 12.8. The van der Waals surface area contributed by atoms with E-state index in [1.807, 2.05) is 0 Å². The van der Waals surface area contributed by atoms with Crippen molar-refractivity contribution in [2.24, 2.45) is 0 Å². The summed E-state index contributed by atoms with van der Waals surface area (Å²) in [6.07, 6.45) is 4.52. The van der Waals surface area contributed by atoms with Gasteiger partial charge in [0.25, 0.3) is 0 Å². The Kier molecular flexibility index (Phi) is 9.66. The number of aliphatic carboxylic acids is 2. The van der Waals surface area contributed by atoms with Gasteiger partial charge in [0.15, 0.2) is 0 Å². The zero-order valence-corrected chi connectivity index (χ0v) is 26.1. The van der Waals surface area contributed by atoms with Crippen LogP contribution in [0.25, 0.3) is 22.9 Å². The van der Waals surface area contributed by atoms with Crippen molar-refractivity contribution in [1.29, 1.82) is 0 Å². The van der Waals surface area contributed by atoms with Crippen molar-refractivity contribution in [2.45, 2.75) is 15.8 Å². The third kappa shape index (κ3) is 8.00. The molecule has 3 N–H and O–H groups in total. The topological polar surface area (TPSA) is 164 Å². The molecule has 0 aromatic heterocycles. The van der Waals surface area contributed by atoms with Gasteiger partial charge in [-0.05, 0) is 69.9 Å². The Morgan fingerprint density at radius 2 is 1.17 bits per heavy atom. The van der Waals surface area contributed by atoms with Crippen LogP contribution in [-0.2, 0) is 29.7 Å². The smallest absolute Gasteiger partial charge is 0.339 e. The van der Waals surface area contributed by atoms with E-state index in [1.54, 1.807) is 60.7 Å². The van der Waals surface area contributed by atoms with Crippen LogP contribution in [0.3, 0.4) is 0 Å². The van der Waals surface area contributed by atoms with Crippen molar-refractivity contribution in [2.75, 3.05) is 0 Å². The van der Waals surface area contributed by atoms with Crippen LogP contribution in [0, 0.1) is 0 Å². The van der Waals surface area contributed by atoms with Gasteiger partial charge in [0.1, 0.15) is 10.6 Å². The molecule has 5 rings (SSSR count). The van der Waals surface area contributed by atoms with Gasteiger partial charge in [-0.2, -0.15) is 13.1 Å². The SMILES string of the molecule is O=C(O)/C=C/c1ccc(S(=O)(=O)N[C@H](c2ccccc2)c2c(OS(=O)(=O)c3ccc(/C=C/C(=O)O)cc3)ccc3ccccc23)cc1. The highest BCUT2D eigenvalue weighted by molar-refractivity contribution is 7.89. The van der Waals surface area contributed by atoms with Gasteiger partial charge in [0, 0.05) is 17.7 Å². The summed E-state index contributed by atoms with van der Waals surface area (Å²) in [5.41, 5.74) is 1.70. The zero-order chi connectivity index (χ0) is 33.6. The average molecular weight is 670 g/mol. The first-order valence-electron chi connectivity index (χ1n) is 14.0. The largest absolute Gasteiger partial charge is 0.478 e. The summed E-state index contributed by atoms with van der Waals surface area (Å²) in [4.78, 5) is 21.4. The van der Waals surface area contributed by atoms with E-state index in [-0.39, 0.29) is 21.1 Å². The molecule has 12 heteroatoms. The molecular weight excluding hydrogens is 643 g/mol. The molecule has 0 unspecified atom stereocenters. The summed E-state index contributed by atoms with van der Waals surface area (Å²) in [7, 11) is -8.69. The fourth-order valence-electron chi connectivity index (χ4n) is 4.81. The van der Waals surface area contributed by atoms with E-state index in [2.05, 4.69) is 4.72 Å². The number of sulfonamides is 1. The van der Waals surface area contributed by atoms with Crippen molar-refractivity contribution in [1.82, 2.24) is 4.72 Å². The third-order valence-corrected chi connectivity index (χ3v) is 9.71. The molecule has 5 aromatic carbocycles. The molecule has 10 nitrogen and oxygen atoms in total. The first kappa shape index (κ1) is 32.8. The van der Waals surface area contributed by atoms with E-state index in [9.17, 15) is 26.4 Å². The van der Waals surface area contributed by atoms with E-state index in [1.165, 1.54) is 66.7 Å². The van der Waals surface area contributed by atoms with Crippen molar-refractivity contribution in [3.05, 3.63) is 150 Å². The molecule has 0 fully saturated rings. The zero-order valence-electron chi connectivity index (χ0n) is 24.4. The van der Waals surface area contributed by atoms with Gasteiger partial charge in [0.05, 0.1) is 10.9 Å². The minimum absolute atomic E-state index is 0.0988. The van der Waals surface area contributed by atoms with Gasteiger partial charge >= 0.3 is 22.1 Å². The highest BCUT2D eigenvalue weighted by Gasteiger charge is 2.29. The lowest BCUT2D eigenvalue weighted by Crippen LogP contribution is -2.30. The summed E-state index contributed by atoms with van der Waals surface area (Å²) >= 11 is 0. The number of carbonyl (C=O) groups is 2. The summed E-state index contributed by atoms with van der Waals surface area (Å²) in [5.74, 6) is -2.40. The molecule has 0 heterocycles. The molecule has 0 radical (unpaired) electrons. The van der Waals surface area contributed by atoms with Crippen LogP contribution < -0.4 is 8.91 Å². The van der Waals surface area contributed by atoms with Crippen LogP contribution in [-0.4, -0.2) is 39.0 Å². The number of hydrogen-bond acceptors (Lipinski definition) is 7. The Morgan fingerprint density at radius 3 is 1.74 bits per heavy atom. The standard InChI is InChI=1S/C35H27NO9S2/c37-32(38)22-14-24-10-17-28(18-11-24)46(41,42)36-35(27-7-2-1-3-8-27)34-30-9-5-4-6-26(30)16-21-31(34)45-47(43,44)29-19-12-25(13-20-29)15-23-33(39)40/h1-23,35-36H,(H,37,38)(H,39,40)/b22-14+,23-15+/t35-/m1/s1. The second kappa shape index (κ2) is 13.8. The Hall–Kier alpha value is -5.56. The van der Waals surface area contributed by atoms with Gasteiger partial charge in [-0.1, -0.05) is 84.9 Å². The molecule has 0 saturated heterocycles. The van der Waals surface area contributed by atoms with E-state index < -0.39 is 38.1 Å². The minimum Gasteiger partial charge on any atom is -0.478 e. The Bertz CT molecular complexity index is 2210. The lowest BCUT2D eigenvalue weighted by atomic mass is 9.93. The fourth-order valence-corrected chi connectivity index (χ4v) is 6.96. The molecule has 0 bridgehead atoms. The number of fused-ring (bicyclic) bond motifs is 1. The van der Waals surface area contributed by atoms with E-state index in [0.717, 1.165) is 12.2 Å². The van der Waals surface area contributed by atoms with Crippen LogP contribution >= 0.6 is 0 Å². The quantitative estimate of drug-likeness (QED) is 0.109. The maximum atomic E-state index is 13.8. The number of nitrogens with one attached hydrogen (secondary N) is 1. The van der Waals surface area contributed by atoms with Gasteiger partial charge in [-0.3, -0.25) is 0 Å². The number of rotatable bonds is 12. The van der Waals surface area contributed by atoms with Crippen LogP contribution in [0.2, 0.25) is 0 Å². The van der Waals surface area contributed by atoms with E-state index in [4.69, 9.17) is 14.4 Å². The summed E-state index contributed by atoms with van der Waals surface area (Å²) in [6, 6.07) is 28.8. The predicted octanol–water partition coefficient (Wildman–Crippen LogP) is 5.87. The average Bonchev–Trinajstić information content (AvgIpc) is 3.06. The summed E-state index contributed by atoms with van der Waals surface area (Å²) in [6.45, 7) is 0. The third-order valence-electron chi connectivity index (χ3n) is 7.02. The van der Waals surface area contributed by atoms with Gasteiger partial charge in [-0.15, -0.1) is 0 Å². The van der Waals surface area contributed by atoms with Crippen LogP contribution in [0.4, 0.5) is 0 Å². The second-order valence-electron chi connectivity index (χ2n) is 10.2. The number of carboxylic acid groups (broad SMARTS) is 2. The lowest BCUT2D eigenvalue weighted by Gasteiger charge is -2.24. The number of benzene rings is 5. The monoisotopic (exact) mass is 669 g/mol. The summed E-state index contributed by atoms with van der Waals surface area (Å²) < 4.78 is 63.2. The van der Waals surface area contributed by atoms with E-state index in [0.29, 0.717) is 27.5 Å². The van der Waals surface area contributed by atoms with Gasteiger partial charge < -0.3 is 14.4 Å². The molecule has 0 aliphatic heterocycles. The molecule has 238 valence electrons. The molecule has 0 saturated carbocycles. The van der Waals surface area contributed by atoms with E-state index >= 15 is 0 Å². The molecule has 47 heavy (non-hydrogen) atoms. The van der Waals surface area contributed by atoms with Crippen molar-refractivity contribution in [3.63, 3.8) is 0 Å². The molecule has 1 atom stereocenters. The van der Waals surface area contributed by atoms with Gasteiger partial charge in [0.2, 0.25) is 10.0 Å². The Balaban J connectivity index is 1.59. The number of hydrogen-bond donors (Lipinski definition) is 3. The van der Waals surface area contributed by atoms with Crippen molar-refractivity contribution in [3.8, 4) is 5.75 Å². The molecular formula is C35H27NO9S2. The van der Waals surface area contributed by atoms with Crippen LogP contribution in [0.1, 0.15) is 28.3 Å². The lowest BCUT2D eigenvalue weighted by molar-refractivity contribution is -0.132. The van der Waals surface area contributed by atoms with Crippen molar-refractivity contribution < 1.29 is 40.8 Å². The maximum absolute atomic E-state index is 13.8. The Labute approximate surface area is 271 Å². The summed E-state index contributed by atoms with van der Waals surface area (Å²) in [5, 5.41) is 19.0.